The molecule has 2 aromatic carbocycles. The molecule has 0 aliphatic carbocycles. The number of aromatic nitrogens is 2. The fraction of sp³-hybridized carbons (Fsp3) is 0.111. The van der Waals surface area contributed by atoms with E-state index < -0.39 is 18.0 Å². The van der Waals surface area contributed by atoms with Crippen LogP contribution in [0.4, 0.5) is 23.7 Å². The van der Waals surface area contributed by atoms with E-state index in [9.17, 15) is 18.0 Å². The summed E-state index contributed by atoms with van der Waals surface area (Å²) in [5.41, 5.74) is 0.519. The van der Waals surface area contributed by atoms with E-state index in [2.05, 4.69) is 26.3 Å². The molecule has 5 nitrogen and oxygen atoms in total. The van der Waals surface area contributed by atoms with Crippen LogP contribution in [0.2, 0.25) is 0 Å². The van der Waals surface area contributed by atoms with Crippen LogP contribution in [0.25, 0.3) is 5.69 Å². The summed E-state index contributed by atoms with van der Waals surface area (Å²) in [6, 6.07) is 14.9. The molecule has 0 saturated carbocycles. The zero-order valence-electron chi connectivity index (χ0n) is 13.7. The normalized spacial score (nSPS) is 11.3. The molecule has 9 heteroatoms. The van der Waals surface area contributed by atoms with Gasteiger partial charge in [0.05, 0.1) is 16.4 Å². The monoisotopic (exact) mass is 439 g/mol. The van der Waals surface area contributed by atoms with Crippen LogP contribution in [0.1, 0.15) is 11.3 Å². The Morgan fingerprint density at radius 1 is 1.11 bits per heavy atom. The number of hydrogen-bond donors (Lipinski definition) is 1. The molecule has 1 N–H and O–H groups in total. The van der Waals surface area contributed by atoms with Crippen LogP contribution < -0.4 is 5.32 Å². The van der Waals surface area contributed by atoms with Crippen molar-refractivity contribution in [3.8, 4) is 5.69 Å². The van der Waals surface area contributed by atoms with Gasteiger partial charge in [-0.05, 0) is 45.8 Å². The van der Waals surface area contributed by atoms with E-state index in [0.717, 1.165) is 16.4 Å². The van der Waals surface area contributed by atoms with Crippen LogP contribution in [0.15, 0.2) is 65.3 Å². The second-order valence-electron chi connectivity index (χ2n) is 5.48. The highest BCUT2D eigenvalue weighted by atomic mass is 79.9. The summed E-state index contributed by atoms with van der Waals surface area (Å²) >= 11 is 2.86. The van der Waals surface area contributed by atoms with Crippen LogP contribution in [-0.2, 0) is 17.5 Å². The molecular formula is C18H13BrF3N3O2. The van der Waals surface area contributed by atoms with Gasteiger partial charge in [-0.15, -0.1) is 0 Å². The summed E-state index contributed by atoms with van der Waals surface area (Å²) in [5.74, 6) is 0. The lowest BCUT2D eigenvalue weighted by atomic mass is 10.2. The lowest BCUT2D eigenvalue weighted by molar-refractivity contribution is -0.143. The number of nitrogens with zero attached hydrogens (tertiary/aromatic N) is 2. The van der Waals surface area contributed by atoms with Gasteiger partial charge in [0.25, 0.3) is 0 Å². The zero-order chi connectivity index (χ0) is 19.4. The van der Waals surface area contributed by atoms with Gasteiger partial charge >= 0.3 is 12.3 Å². The first-order valence-electron chi connectivity index (χ1n) is 7.73. The number of hydrogen-bond acceptors (Lipinski definition) is 3. The average molecular weight is 440 g/mol. The highest BCUT2D eigenvalue weighted by Crippen LogP contribution is 2.36. The molecule has 140 valence electrons. The SMILES string of the molecule is O=C(Nc1ccc(-n2ncc(Br)c2C(F)(F)F)cc1)OCc1ccccc1. The molecule has 0 fully saturated rings. The Labute approximate surface area is 160 Å². The van der Waals surface area contributed by atoms with Crippen LogP contribution in [0.3, 0.4) is 0 Å². The number of carbonyl (C=O) groups is 1. The van der Waals surface area contributed by atoms with Crippen molar-refractivity contribution >= 4 is 27.7 Å². The van der Waals surface area contributed by atoms with Crippen molar-refractivity contribution in [3.05, 3.63) is 76.5 Å². The van der Waals surface area contributed by atoms with Crippen molar-refractivity contribution in [2.45, 2.75) is 12.8 Å². The smallest absolute Gasteiger partial charge is 0.434 e. The number of rotatable bonds is 4. The zero-order valence-corrected chi connectivity index (χ0v) is 15.3. The molecular weight excluding hydrogens is 427 g/mol. The van der Waals surface area contributed by atoms with Gasteiger partial charge in [-0.1, -0.05) is 30.3 Å². The first-order chi connectivity index (χ1) is 12.8. The quantitative estimate of drug-likeness (QED) is 0.591. The van der Waals surface area contributed by atoms with Gasteiger partial charge in [0, 0.05) is 5.69 Å². The van der Waals surface area contributed by atoms with Crippen molar-refractivity contribution < 1.29 is 22.7 Å². The molecule has 27 heavy (non-hydrogen) atoms. The number of alkyl halides is 3. The molecule has 1 amide bonds. The maximum atomic E-state index is 13.1. The average Bonchev–Trinajstić information content (AvgIpc) is 3.03. The third kappa shape index (κ3) is 4.68. The molecule has 1 heterocycles. The van der Waals surface area contributed by atoms with Crippen molar-refractivity contribution in [3.63, 3.8) is 0 Å². The molecule has 0 radical (unpaired) electrons. The van der Waals surface area contributed by atoms with Crippen LogP contribution in [-0.4, -0.2) is 15.9 Å². The Balaban J connectivity index is 1.67. The lowest BCUT2D eigenvalue weighted by Gasteiger charge is -2.12. The van der Waals surface area contributed by atoms with Gasteiger partial charge in [-0.2, -0.15) is 18.3 Å². The Morgan fingerprint density at radius 3 is 2.41 bits per heavy atom. The molecule has 0 bridgehead atoms. The van der Waals surface area contributed by atoms with Gasteiger partial charge in [0.15, 0.2) is 5.69 Å². The summed E-state index contributed by atoms with van der Waals surface area (Å²) in [5, 5.41) is 6.26. The molecule has 3 aromatic rings. The van der Waals surface area contributed by atoms with E-state index in [1.165, 1.54) is 24.3 Å². The first kappa shape index (κ1) is 19.0. The second-order valence-corrected chi connectivity index (χ2v) is 6.34. The minimum atomic E-state index is -4.56. The highest BCUT2D eigenvalue weighted by Gasteiger charge is 2.38. The van der Waals surface area contributed by atoms with Crippen molar-refractivity contribution in [1.29, 1.82) is 0 Å². The molecule has 0 aliphatic rings. The van der Waals surface area contributed by atoms with E-state index >= 15 is 0 Å². The number of benzene rings is 2. The van der Waals surface area contributed by atoms with Crippen molar-refractivity contribution in [2.24, 2.45) is 0 Å². The van der Waals surface area contributed by atoms with E-state index in [1.54, 1.807) is 0 Å². The maximum Gasteiger partial charge on any atom is 0.434 e. The fourth-order valence-electron chi connectivity index (χ4n) is 2.34. The molecule has 0 atom stereocenters. The van der Waals surface area contributed by atoms with Gasteiger partial charge in [0.1, 0.15) is 6.61 Å². The Hall–Kier alpha value is -2.81. The minimum Gasteiger partial charge on any atom is -0.444 e. The third-order valence-electron chi connectivity index (χ3n) is 3.56. The summed E-state index contributed by atoms with van der Waals surface area (Å²) < 4.78 is 45.1. The Bertz CT molecular complexity index is 925. The predicted octanol–water partition coefficient (Wildman–Crippen LogP) is 5.40. The summed E-state index contributed by atoms with van der Waals surface area (Å²) in [4.78, 5) is 11.8. The number of halogens is 4. The third-order valence-corrected chi connectivity index (χ3v) is 4.14. The second kappa shape index (κ2) is 7.83. The van der Waals surface area contributed by atoms with E-state index in [1.807, 2.05) is 30.3 Å². The minimum absolute atomic E-state index is 0.112. The first-order valence-corrected chi connectivity index (χ1v) is 8.53. The van der Waals surface area contributed by atoms with Gasteiger partial charge < -0.3 is 4.74 Å². The van der Waals surface area contributed by atoms with E-state index in [4.69, 9.17) is 4.74 Å². The fourth-order valence-corrected chi connectivity index (χ4v) is 2.83. The lowest BCUT2D eigenvalue weighted by Crippen LogP contribution is -2.15. The number of amides is 1. The van der Waals surface area contributed by atoms with Crippen LogP contribution in [0, 0.1) is 0 Å². The number of anilines is 1. The molecule has 0 spiro atoms. The number of nitrogens with one attached hydrogen (secondary N) is 1. The summed E-state index contributed by atoms with van der Waals surface area (Å²) in [7, 11) is 0. The number of ether oxygens (including phenoxy) is 1. The number of carbonyl (C=O) groups excluding carboxylic acids is 1. The summed E-state index contributed by atoms with van der Waals surface area (Å²) in [6.07, 6.45) is -4.15. The van der Waals surface area contributed by atoms with Gasteiger partial charge in [0.2, 0.25) is 0 Å². The van der Waals surface area contributed by atoms with Crippen molar-refractivity contribution in [2.75, 3.05) is 5.32 Å². The molecule has 0 saturated heterocycles. The Morgan fingerprint density at radius 2 is 1.78 bits per heavy atom. The van der Waals surface area contributed by atoms with Gasteiger partial charge in [-0.25, -0.2) is 9.48 Å². The maximum absolute atomic E-state index is 13.1. The highest BCUT2D eigenvalue weighted by molar-refractivity contribution is 9.10. The Kier molecular flexibility index (Phi) is 5.50. The molecule has 1 aromatic heterocycles. The topological polar surface area (TPSA) is 56.2 Å². The van der Waals surface area contributed by atoms with Crippen molar-refractivity contribution in [1.82, 2.24) is 9.78 Å². The largest absolute Gasteiger partial charge is 0.444 e. The van der Waals surface area contributed by atoms with Crippen LogP contribution in [0.5, 0.6) is 0 Å². The molecule has 0 aliphatic heterocycles. The predicted molar refractivity (Wildman–Crippen MR) is 96.5 cm³/mol. The van der Waals surface area contributed by atoms with Crippen LogP contribution >= 0.6 is 15.9 Å². The van der Waals surface area contributed by atoms with Gasteiger partial charge in [-0.3, -0.25) is 5.32 Å². The molecule has 0 unspecified atom stereocenters. The standard InChI is InChI=1S/C18H13BrF3N3O2/c19-15-10-23-25(16(15)18(20,21)22)14-8-6-13(7-9-14)24-17(26)27-11-12-4-2-1-3-5-12/h1-10H,11H2,(H,24,26). The molecule has 3 rings (SSSR count). The van der Waals surface area contributed by atoms with E-state index in [-0.39, 0.29) is 16.8 Å². The summed E-state index contributed by atoms with van der Waals surface area (Å²) in [6.45, 7) is 0.112. The van der Waals surface area contributed by atoms with E-state index in [0.29, 0.717) is 5.69 Å².